The Morgan fingerprint density at radius 3 is 3.00 bits per heavy atom. The van der Waals surface area contributed by atoms with Crippen molar-refractivity contribution in [3.05, 3.63) is 29.1 Å². The lowest BCUT2D eigenvalue weighted by Crippen LogP contribution is -2.43. The van der Waals surface area contributed by atoms with Crippen molar-refractivity contribution in [3.63, 3.8) is 0 Å². The largest absolute Gasteiger partial charge is 0.372 e. The Kier molecular flexibility index (Phi) is 2.86. The van der Waals surface area contributed by atoms with Crippen molar-refractivity contribution in [1.82, 2.24) is 15.2 Å². The van der Waals surface area contributed by atoms with Gasteiger partial charge >= 0.3 is 0 Å². The number of hydrogen-bond acceptors (Lipinski definition) is 4. The fourth-order valence-electron chi connectivity index (χ4n) is 2.40. The van der Waals surface area contributed by atoms with E-state index in [2.05, 4.69) is 15.2 Å². The Bertz CT molecular complexity index is 375. The SMILES string of the molecule is c1ncc(CN2CCNCC2)c2c1COC2. The molecule has 0 spiro atoms. The highest BCUT2D eigenvalue weighted by Gasteiger charge is 2.18. The van der Waals surface area contributed by atoms with Crippen LogP contribution in [0.15, 0.2) is 12.4 Å². The Labute approximate surface area is 95.6 Å². The fourth-order valence-corrected chi connectivity index (χ4v) is 2.40. The summed E-state index contributed by atoms with van der Waals surface area (Å²) in [6, 6.07) is 0. The lowest BCUT2D eigenvalue weighted by atomic mass is 10.1. The lowest BCUT2D eigenvalue weighted by Gasteiger charge is -2.27. The van der Waals surface area contributed by atoms with Crippen LogP contribution in [0.2, 0.25) is 0 Å². The molecular weight excluding hydrogens is 202 g/mol. The van der Waals surface area contributed by atoms with Crippen LogP contribution in [0.4, 0.5) is 0 Å². The minimum atomic E-state index is 0.734. The number of ether oxygens (including phenoxy) is 1. The van der Waals surface area contributed by atoms with Gasteiger partial charge in [-0.3, -0.25) is 9.88 Å². The average Bonchev–Trinajstić information content (AvgIpc) is 2.80. The number of hydrogen-bond donors (Lipinski definition) is 1. The van der Waals surface area contributed by atoms with Gasteiger partial charge in [0.2, 0.25) is 0 Å². The number of nitrogens with zero attached hydrogens (tertiary/aromatic N) is 2. The third-order valence-corrected chi connectivity index (χ3v) is 3.34. The maximum absolute atomic E-state index is 5.47. The second-order valence-corrected chi connectivity index (χ2v) is 4.46. The van der Waals surface area contributed by atoms with Gasteiger partial charge in [-0.15, -0.1) is 0 Å². The van der Waals surface area contributed by atoms with Gasteiger partial charge in [0.05, 0.1) is 13.2 Å². The predicted molar refractivity (Wildman–Crippen MR) is 60.9 cm³/mol. The number of aromatic nitrogens is 1. The van der Waals surface area contributed by atoms with Gasteiger partial charge in [-0.25, -0.2) is 0 Å². The third kappa shape index (κ3) is 1.96. The normalized spacial score (nSPS) is 21.0. The molecule has 0 saturated carbocycles. The summed E-state index contributed by atoms with van der Waals surface area (Å²) in [4.78, 5) is 6.78. The number of rotatable bonds is 2. The van der Waals surface area contributed by atoms with Crippen LogP contribution in [-0.4, -0.2) is 36.1 Å². The van der Waals surface area contributed by atoms with Crippen molar-refractivity contribution in [2.24, 2.45) is 0 Å². The van der Waals surface area contributed by atoms with Gasteiger partial charge in [0.25, 0.3) is 0 Å². The molecule has 1 fully saturated rings. The van der Waals surface area contributed by atoms with Gasteiger partial charge in [0.15, 0.2) is 0 Å². The predicted octanol–water partition coefficient (Wildman–Crippen LogP) is 0.517. The Morgan fingerprint density at radius 2 is 2.12 bits per heavy atom. The zero-order valence-corrected chi connectivity index (χ0v) is 9.41. The first-order chi connectivity index (χ1) is 7.93. The summed E-state index contributed by atoms with van der Waals surface area (Å²) in [6.07, 6.45) is 3.93. The van der Waals surface area contributed by atoms with Crippen molar-refractivity contribution in [3.8, 4) is 0 Å². The highest BCUT2D eigenvalue weighted by atomic mass is 16.5. The molecule has 2 aliphatic heterocycles. The first-order valence-electron chi connectivity index (χ1n) is 5.89. The highest BCUT2D eigenvalue weighted by molar-refractivity contribution is 5.33. The van der Waals surface area contributed by atoms with Crippen LogP contribution >= 0.6 is 0 Å². The van der Waals surface area contributed by atoms with Crippen LogP contribution in [0.25, 0.3) is 0 Å². The molecule has 1 aromatic heterocycles. The van der Waals surface area contributed by atoms with Gasteiger partial charge < -0.3 is 10.1 Å². The summed E-state index contributed by atoms with van der Waals surface area (Å²) in [7, 11) is 0. The number of nitrogens with one attached hydrogen (secondary N) is 1. The maximum Gasteiger partial charge on any atom is 0.0740 e. The van der Waals surface area contributed by atoms with E-state index < -0.39 is 0 Å². The Hall–Kier alpha value is -0.970. The van der Waals surface area contributed by atoms with Gasteiger partial charge in [-0.2, -0.15) is 0 Å². The molecule has 0 unspecified atom stereocenters. The molecule has 4 nitrogen and oxygen atoms in total. The topological polar surface area (TPSA) is 37.4 Å². The molecule has 3 heterocycles. The summed E-state index contributed by atoms with van der Waals surface area (Å²) in [5.41, 5.74) is 3.98. The zero-order chi connectivity index (χ0) is 10.8. The van der Waals surface area contributed by atoms with E-state index in [1.807, 2.05) is 12.4 Å². The van der Waals surface area contributed by atoms with Crippen molar-refractivity contribution in [1.29, 1.82) is 0 Å². The van der Waals surface area contributed by atoms with Crippen LogP contribution < -0.4 is 5.32 Å². The molecule has 0 aromatic carbocycles. The zero-order valence-electron chi connectivity index (χ0n) is 9.41. The van der Waals surface area contributed by atoms with Crippen molar-refractivity contribution < 1.29 is 4.74 Å². The molecule has 0 bridgehead atoms. The van der Waals surface area contributed by atoms with E-state index >= 15 is 0 Å². The summed E-state index contributed by atoms with van der Waals surface area (Å²) < 4.78 is 5.47. The minimum absolute atomic E-state index is 0.734. The molecule has 86 valence electrons. The molecular formula is C12H17N3O. The monoisotopic (exact) mass is 219 g/mol. The number of piperazine rings is 1. The van der Waals surface area contributed by atoms with Gasteiger partial charge in [0.1, 0.15) is 0 Å². The van der Waals surface area contributed by atoms with E-state index in [4.69, 9.17) is 4.74 Å². The van der Waals surface area contributed by atoms with Crippen LogP contribution in [0.5, 0.6) is 0 Å². The van der Waals surface area contributed by atoms with Crippen molar-refractivity contribution in [2.75, 3.05) is 26.2 Å². The highest BCUT2D eigenvalue weighted by Crippen LogP contribution is 2.23. The molecule has 0 amide bonds. The first-order valence-corrected chi connectivity index (χ1v) is 5.89. The molecule has 16 heavy (non-hydrogen) atoms. The first kappa shape index (κ1) is 10.2. The second-order valence-electron chi connectivity index (χ2n) is 4.46. The summed E-state index contributed by atoms with van der Waals surface area (Å²) in [6.45, 7) is 6.96. The van der Waals surface area contributed by atoms with E-state index in [0.717, 1.165) is 45.9 Å². The van der Waals surface area contributed by atoms with Crippen LogP contribution in [0, 0.1) is 0 Å². The fraction of sp³-hybridized carbons (Fsp3) is 0.583. The summed E-state index contributed by atoms with van der Waals surface area (Å²) in [5, 5.41) is 3.37. The molecule has 1 aromatic rings. The molecule has 1 saturated heterocycles. The number of pyridine rings is 1. The minimum Gasteiger partial charge on any atom is -0.372 e. The van der Waals surface area contributed by atoms with Gasteiger partial charge in [0, 0.05) is 50.7 Å². The average molecular weight is 219 g/mol. The standard InChI is InChI=1S/C12H17N3O/c1-3-15(4-2-13-1)7-10-5-14-6-11-8-16-9-12(10)11/h5-6,13H,1-4,7-9H2. The quantitative estimate of drug-likeness (QED) is 0.787. The molecule has 4 heteroatoms. The molecule has 0 radical (unpaired) electrons. The second kappa shape index (κ2) is 4.49. The number of fused-ring (bicyclic) bond motifs is 1. The van der Waals surface area contributed by atoms with Crippen LogP contribution in [0.1, 0.15) is 16.7 Å². The van der Waals surface area contributed by atoms with Crippen LogP contribution in [0.3, 0.4) is 0 Å². The van der Waals surface area contributed by atoms with Crippen molar-refractivity contribution in [2.45, 2.75) is 19.8 Å². The van der Waals surface area contributed by atoms with Crippen molar-refractivity contribution >= 4 is 0 Å². The van der Waals surface area contributed by atoms with Crippen LogP contribution in [-0.2, 0) is 24.5 Å². The van der Waals surface area contributed by atoms with E-state index in [1.54, 1.807) is 0 Å². The Balaban J connectivity index is 1.76. The van der Waals surface area contributed by atoms with Gasteiger partial charge in [-0.1, -0.05) is 0 Å². The van der Waals surface area contributed by atoms with E-state index in [0.29, 0.717) is 0 Å². The van der Waals surface area contributed by atoms with E-state index in [-0.39, 0.29) is 0 Å². The van der Waals surface area contributed by atoms with E-state index in [1.165, 1.54) is 16.7 Å². The molecule has 2 aliphatic rings. The summed E-state index contributed by atoms with van der Waals surface area (Å²) in [5.74, 6) is 0. The lowest BCUT2D eigenvalue weighted by molar-refractivity contribution is 0.133. The maximum atomic E-state index is 5.47. The Morgan fingerprint density at radius 1 is 1.25 bits per heavy atom. The smallest absolute Gasteiger partial charge is 0.0740 e. The van der Waals surface area contributed by atoms with Gasteiger partial charge in [-0.05, 0) is 11.1 Å². The summed E-state index contributed by atoms with van der Waals surface area (Å²) >= 11 is 0. The molecule has 3 rings (SSSR count). The third-order valence-electron chi connectivity index (χ3n) is 3.34. The molecule has 0 atom stereocenters. The molecule has 0 aliphatic carbocycles. The molecule has 1 N–H and O–H groups in total. The van der Waals surface area contributed by atoms with E-state index in [9.17, 15) is 0 Å².